The van der Waals surface area contributed by atoms with Crippen molar-refractivity contribution < 1.29 is 9.47 Å². The molecule has 0 aliphatic heterocycles. The summed E-state index contributed by atoms with van der Waals surface area (Å²) in [4.78, 5) is 0. The highest BCUT2D eigenvalue weighted by Crippen LogP contribution is 2.22. The first-order valence-corrected chi connectivity index (χ1v) is 21.8. The SMILES string of the molecule is CCCCC/C=C\C=C\CCCCCCCCOCC(CSSCNC(=N)N)OCCCCCCCC/C=C\C/C=C\CCCCC. The number of hydrogen-bond donors (Lipinski definition) is 3. The summed E-state index contributed by atoms with van der Waals surface area (Å²) in [5.41, 5.74) is 5.38. The molecular formula is C40H75N3O2S2. The lowest BCUT2D eigenvalue weighted by Crippen LogP contribution is -2.29. The molecule has 0 saturated carbocycles. The highest BCUT2D eigenvalue weighted by molar-refractivity contribution is 8.76. The summed E-state index contributed by atoms with van der Waals surface area (Å²) in [5.74, 6) is 1.53. The summed E-state index contributed by atoms with van der Waals surface area (Å²) in [6, 6.07) is 0. The van der Waals surface area contributed by atoms with Gasteiger partial charge in [0.15, 0.2) is 5.96 Å². The predicted octanol–water partition coefficient (Wildman–Crippen LogP) is 12.4. The van der Waals surface area contributed by atoms with Crippen molar-refractivity contribution in [3.05, 3.63) is 48.6 Å². The Morgan fingerprint density at radius 1 is 0.617 bits per heavy atom. The van der Waals surface area contributed by atoms with Crippen molar-refractivity contribution in [2.24, 2.45) is 5.73 Å². The molecule has 5 nitrogen and oxygen atoms in total. The van der Waals surface area contributed by atoms with Crippen LogP contribution in [0.25, 0.3) is 0 Å². The molecule has 0 amide bonds. The first-order chi connectivity index (χ1) is 23.2. The molecule has 0 fully saturated rings. The number of allylic oxidation sites excluding steroid dienone is 8. The van der Waals surface area contributed by atoms with Crippen molar-refractivity contribution in [1.29, 1.82) is 5.41 Å². The van der Waals surface area contributed by atoms with Gasteiger partial charge in [-0.3, -0.25) is 5.41 Å². The van der Waals surface area contributed by atoms with Crippen LogP contribution < -0.4 is 11.1 Å². The van der Waals surface area contributed by atoms with Gasteiger partial charge < -0.3 is 20.5 Å². The number of hydrogen-bond acceptors (Lipinski definition) is 5. The molecule has 0 saturated heterocycles. The van der Waals surface area contributed by atoms with Crippen LogP contribution in [0.4, 0.5) is 0 Å². The van der Waals surface area contributed by atoms with E-state index in [1.165, 1.54) is 128 Å². The molecule has 0 bridgehead atoms. The Morgan fingerprint density at radius 2 is 1.11 bits per heavy atom. The van der Waals surface area contributed by atoms with Crippen molar-refractivity contribution in [2.75, 3.05) is 31.5 Å². The van der Waals surface area contributed by atoms with Crippen LogP contribution in [0, 0.1) is 5.41 Å². The zero-order valence-electron chi connectivity index (χ0n) is 30.7. The van der Waals surface area contributed by atoms with Gasteiger partial charge in [0.2, 0.25) is 0 Å². The fraction of sp³-hybridized carbons (Fsp3) is 0.775. The largest absolute Gasteiger partial charge is 0.379 e. The minimum absolute atomic E-state index is 0.0179. The maximum atomic E-state index is 7.30. The van der Waals surface area contributed by atoms with Crippen LogP contribution in [0.5, 0.6) is 0 Å². The standard InChI is InChI=1S/C40H75N3O2S2/c1-3-5-7-9-11-13-15-17-19-21-23-25-27-29-31-33-35-45-39(37-46-47-38-43-40(41)42)36-44-34-32-30-28-26-24-22-20-18-16-14-12-10-8-6-4-2/h11-14,16-19,39H,3-10,15,20-38H2,1-2H3,(H4,41,42,43)/b13-11-,14-12-,18-16+,19-17-. The van der Waals surface area contributed by atoms with Crippen molar-refractivity contribution in [3.63, 3.8) is 0 Å². The first-order valence-electron chi connectivity index (χ1n) is 19.3. The van der Waals surface area contributed by atoms with E-state index >= 15 is 0 Å². The van der Waals surface area contributed by atoms with Gasteiger partial charge in [-0.2, -0.15) is 0 Å². The summed E-state index contributed by atoms with van der Waals surface area (Å²) >= 11 is 0. The van der Waals surface area contributed by atoms with Crippen LogP contribution in [0.2, 0.25) is 0 Å². The topological polar surface area (TPSA) is 80.4 Å². The highest BCUT2D eigenvalue weighted by atomic mass is 33.1. The van der Waals surface area contributed by atoms with Gasteiger partial charge in [-0.15, -0.1) is 0 Å². The number of nitrogens with two attached hydrogens (primary N) is 1. The quantitative estimate of drug-likeness (QED) is 0.0114. The fourth-order valence-corrected chi connectivity index (χ4v) is 6.92. The Kier molecular flexibility index (Phi) is 40.0. The molecule has 7 heteroatoms. The van der Waals surface area contributed by atoms with E-state index in [-0.39, 0.29) is 12.1 Å². The monoisotopic (exact) mass is 694 g/mol. The lowest BCUT2D eigenvalue weighted by atomic mass is 10.1. The molecule has 1 atom stereocenters. The molecule has 0 aromatic rings. The molecular weight excluding hydrogens is 619 g/mol. The maximum Gasteiger partial charge on any atom is 0.186 e. The molecule has 47 heavy (non-hydrogen) atoms. The van der Waals surface area contributed by atoms with Gasteiger partial charge in [0.1, 0.15) is 0 Å². The van der Waals surface area contributed by atoms with Gasteiger partial charge in [0, 0.05) is 19.0 Å². The van der Waals surface area contributed by atoms with E-state index in [4.69, 9.17) is 20.6 Å². The third-order valence-electron chi connectivity index (χ3n) is 7.93. The van der Waals surface area contributed by atoms with Gasteiger partial charge in [-0.1, -0.05) is 161 Å². The molecule has 0 aromatic carbocycles. The summed E-state index contributed by atoms with van der Waals surface area (Å²) < 4.78 is 12.3. The minimum atomic E-state index is 0.0179. The Hall–Kier alpha value is -1.15. The molecule has 0 aliphatic carbocycles. The van der Waals surface area contributed by atoms with Gasteiger partial charge in [-0.25, -0.2) is 0 Å². The van der Waals surface area contributed by atoms with Crippen LogP contribution in [-0.4, -0.2) is 43.5 Å². The lowest BCUT2D eigenvalue weighted by molar-refractivity contribution is -0.00609. The summed E-state index contributed by atoms with van der Waals surface area (Å²) in [5, 5.41) is 10.1. The van der Waals surface area contributed by atoms with Crippen LogP contribution in [0.1, 0.15) is 162 Å². The number of rotatable bonds is 37. The van der Waals surface area contributed by atoms with E-state index in [0.29, 0.717) is 12.5 Å². The minimum Gasteiger partial charge on any atom is -0.379 e. The van der Waals surface area contributed by atoms with E-state index in [1.54, 1.807) is 21.6 Å². The molecule has 4 N–H and O–H groups in total. The fourth-order valence-electron chi connectivity index (χ4n) is 5.01. The Morgan fingerprint density at radius 3 is 1.66 bits per heavy atom. The van der Waals surface area contributed by atoms with Crippen LogP contribution in [0.15, 0.2) is 48.6 Å². The number of unbranched alkanes of at least 4 members (excludes halogenated alkanes) is 18. The second kappa shape index (κ2) is 41.0. The predicted molar refractivity (Wildman–Crippen MR) is 215 cm³/mol. The van der Waals surface area contributed by atoms with Gasteiger partial charge in [-0.05, 0) is 70.6 Å². The molecule has 0 aromatic heterocycles. The van der Waals surface area contributed by atoms with Crippen molar-refractivity contribution in [1.82, 2.24) is 5.32 Å². The van der Waals surface area contributed by atoms with E-state index in [2.05, 4.69) is 67.8 Å². The van der Waals surface area contributed by atoms with E-state index < -0.39 is 0 Å². The molecule has 0 spiro atoms. The Labute approximate surface area is 300 Å². The van der Waals surface area contributed by atoms with Crippen molar-refractivity contribution >= 4 is 27.5 Å². The van der Waals surface area contributed by atoms with Gasteiger partial charge >= 0.3 is 0 Å². The molecule has 0 radical (unpaired) electrons. The highest BCUT2D eigenvalue weighted by Gasteiger charge is 2.10. The Bertz CT molecular complexity index is 758. The van der Waals surface area contributed by atoms with Gasteiger partial charge in [0.25, 0.3) is 0 Å². The zero-order valence-corrected chi connectivity index (χ0v) is 32.3. The summed E-state index contributed by atoms with van der Waals surface area (Å²) in [6.07, 6.45) is 47.6. The second-order valence-corrected chi connectivity index (χ2v) is 15.1. The van der Waals surface area contributed by atoms with Crippen molar-refractivity contribution in [2.45, 2.75) is 168 Å². The first kappa shape index (κ1) is 45.9. The molecule has 1 unspecified atom stereocenters. The van der Waals surface area contributed by atoms with E-state index in [9.17, 15) is 0 Å². The molecule has 0 aliphatic rings. The average molecular weight is 694 g/mol. The zero-order chi connectivity index (χ0) is 34.1. The smallest absolute Gasteiger partial charge is 0.186 e. The normalized spacial score (nSPS) is 12.8. The molecule has 274 valence electrons. The third-order valence-corrected chi connectivity index (χ3v) is 10.1. The molecule has 0 rings (SSSR count). The van der Waals surface area contributed by atoms with Gasteiger partial charge in [0.05, 0.1) is 18.6 Å². The number of nitrogens with one attached hydrogen (secondary N) is 2. The lowest BCUT2D eigenvalue weighted by Gasteiger charge is -2.18. The molecule has 0 heterocycles. The van der Waals surface area contributed by atoms with E-state index in [0.717, 1.165) is 38.2 Å². The maximum absolute atomic E-state index is 7.30. The van der Waals surface area contributed by atoms with Crippen molar-refractivity contribution in [3.8, 4) is 0 Å². The van der Waals surface area contributed by atoms with E-state index in [1.807, 2.05) is 0 Å². The second-order valence-electron chi connectivity index (χ2n) is 12.6. The average Bonchev–Trinajstić information content (AvgIpc) is 3.06. The Balaban J connectivity index is 3.86. The van der Waals surface area contributed by atoms with Crippen LogP contribution in [-0.2, 0) is 9.47 Å². The summed E-state index contributed by atoms with van der Waals surface area (Å²) in [7, 11) is 3.44. The number of guanidine groups is 1. The third kappa shape index (κ3) is 40.9. The van der Waals surface area contributed by atoms with Crippen LogP contribution in [0.3, 0.4) is 0 Å². The van der Waals surface area contributed by atoms with Crippen LogP contribution >= 0.6 is 21.6 Å². The summed E-state index contributed by atoms with van der Waals surface area (Å²) in [6.45, 7) is 6.81. The number of ether oxygens (including phenoxy) is 2.